The molecule has 0 atom stereocenters. The van der Waals surface area contributed by atoms with Crippen molar-refractivity contribution in [3.8, 4) is 0 Å². The van der Waals surface area contributed by atoms with E-state index in [0.29, 0.717) is 5.92 Å². The summed E-state index contributed by atoms with van der Waals surface area (Å²) >= 11 is 0. The van der Waals surface area contributed by atoms with Crippen LogP contribution in [0.2, 0.25) is 13.1 Å². The fourth-order valence-corrected chi connectivity index (χ4v) is 1.52. The third-order valence-corrected chi connectivity index (χ3v) is 2.96. The highest BCUT2D eigenvalue weighted by atomic mass is 28.3. The van der Waals surface area contributed by atoms with E-state index in [2.05, 4.69) is 43.5 Å². The van der Waals surface area contributed by atoms with E-state index in [1.165, 1.54) is 0 Å². The maximum atomic E-state index is 4.08. The Morgan fingerprint density at radius 3 is 2.36 bits per heavy atom. The van der Waals surface area contributed by atoms with Gasteiger partial charge in [0.2, 0.25) is 0 Å². The van der Waals surface area contributed by atoms with Gasteiger partial charge < -0.3 is 0 Å². The minimum Gasteiger partial charge on any atom is -0.286 e. The molecule has 0 saturated carbocycles. The van der Waals surface area contributed by atoms with Crippen molar-refractivity contribution in [2.24, 2.45) is 0 Å². The largest absolute Gasteiger partial charge is 0.286 e. The third kappa shape index (κ3) is 1.89. The predicted molar refractivity (Wildman–Crippen MR) is 48.4 cm³/mol. The number of nitrogens with zero attached hydrogens (tertiary/aromatic N) is 3. The highest BCUT2D eigenvalue weighted by Gasteiger charge is 2.06. The molecule has 0 spiro atoms. The zero-order chi connectivity index (χ0) is 8.43. The molecule has 0 aliphatic heterocycles. The van der Waals surface area contributed by atoms with Gasteiger partial charge in [-0.3, -0.25) is 4.35 Å². The van der Waals surface area contributed by atoms with Crippen molar-refractivity contribution in [2.45, 2.75) is 32.9 Å². The van der Waals surface area contributed by atoms with Crippen molar-refractivity contribution in [2.75, 3.05) is 0 Å². The van der Waals surface area contributed by atoms with Crippen LogP contribution in [-0.4, -0.2) is 23.6 Å². The van der Waals surface area contributed by atoms with Gasteiger partial charge in [0, 0.05) is 6.20 Å². The summed E-state index contributed by atoms with van der Waals surface area (Å²) in [5.41, 5.74) is 1.10. The van der Waals surface area contributed by atoms with E-state index in [1.54, 1.807) is 0 Å². The summed E-state index contributed by atoms with van der Waals surface area (Å²) in [6.07, 6.45) is 2.07. The van der Waals surface area contributed by atoms with Crippen LogP contribution < -0.4 is 0 Å². The number of hydrogen-bond donors (Lipinski definition) is 0. The van der Waals surface area contributed by atoms with Gasteiger partial charge in [-0.25, -0.2) is 0 Å². The van der Waals surface area contributed by atoms with Crippen LogP contribution in [0.25, 0.3) is 0 Å². The van der Waals surface area contributed by atoms with Gasteiger partial charge in [-0.05, 0) is 5.92 Å². The summed E-state index contributed by atoms with van der Waals surface area (Å²) in [5.74, 6) is 0.497. The quantitative estimate of drug-likeness (QED) is 0.623. The van der Waals surface area contributed by atoms with Crippen LogP contribution in [0.5, 0.6) is 0 Å². The van der Waals surface area contributed by atoms with Gasteiger partial charge in [-0.2, -0.15) is 0 Å². The molecule has 3 nitrogen and oxygen atoms in total. The molecule has 0 radical (unpaired) electrons. The summed E-state index contributed by atoms with van der Waals surface area (Å²) in [5, 5.41) is 8.15. The lowest BCUT2D eigenvalue weighted by molar-refractivity contribution is 0.794. The summed E-state index contributed by atoms with van der Waals surface area (Å²) in [6.45, 7) is 8.74. The molecule has 0 N–H and O–H groups in total. The van der Waals surface area contributed by atoms with Crippen molar-refractivity contribution in [1.29, 1.82) is 0 Å². The Morgan fingerprint density at radius 1 is 1.45 bits per heavy atom. The maximum absolute atomic E-state index is 4.08. The first-order chi connectivity index (χ1) is 5.11. The molecule has 0 bridgehead atoms. The highest BCUT2D eigenvalue weighted by Crippen LogP contribution is 2.08. The standard InChI is InChI=1S/C7H15N3Si/c1-6(2)7-5-10(9-8-7)11(3)4/h5-6,11H,1-4H3. The van der Waals surface area contributed by atoms with E-state index >= 15 is 0 Å². The second kappa shape index (κ2) is 3.17. The van der Waals surface area contributed by atoms with Gasteiger partial charge in [0.1, 0.15) is 0 Å². The van der Waals surface area contributed by atoms with E-state index in [4.69, 9.17) is 0 Å². The minimum absolute atomic E-state index is 0.497. The molecule has 0 amide bonds. The van der Waals surface area contributed by atoms with Crippen LogP contribution in [-0.2, 0) is 0 Å². The van der Waals surface area contributed by atoms with Crippen LogP contribution in [0.15, 0.2) is 6.20 Å². The molecular weight excluding hydrogens is 154 g/mol. The molecule has 0 saturated heterocycles. The minimum atomic E-state index is -0.806. The van der Waals surface area contributed by atoms with Gasteiger partial charge in [0.05, 0.1) is 5.69 Å². The lowest BCUT2D eigenvalue weighted by atomic mass is 10.2. The molecule has 1 aromatic heterocycles. The Kier molecular flexibility index (Phi) is 2.44. The SMILES string of the molecule is CC(C)c1cn([SiH](C)C)nn1. The number of rotatable bonds is 2. The fourth-order valence-electron chi connectivity index (χ4n) is 0.807. The van der Waals surface area contributed by atoms with E-state index < -0.39 is 8.96 Å². The molecule has 0 aliphatic carbocycles. The summed E-state index contributed by atoms with van der Waals surface area (Å²) in [4.78, 5) is 0. The topological polar surface area (TPSA) is 30.7 Å². The Labute approximate surface area is 69.1 Å². The van der Waals surface area contributed by atoms with Crippen LogP contribution >= 0.6 is 0 Å². The van der Waals surface area contributed by atoms with Crippen molar-refractivity contribution in [3.63, 3.8) is 0 Å². The fraction of sp³-hybridized carbons (Fsp3) is 0.714. The molecule has 0 aliphatic rings. The summed E-state index contributed by atoms with van der Waals surface area (Å²) in [7, 11) is -0.806. The average Bonchev–Trinajstić information content (AvgIpc) is 2.33. The first-order valence-corrected chi connectivity index (χ1v) is 6.85. The normalized spacial score (nSPS) is 11.5. The molecule has 11 heavy (non-hydrogen) atoms. The molecule has 1 aromatic rings. The molecular formula is C7H15N3Si. The van der Waals surface area contributed by atoms with Crippen molar-refractivity contribution < 1.29 is 0 Å². The predicted octanol–water partition coefficient (Wildman–Crippen LogP) is 1.23. The molecule has 1 rings (SSSR count). The zero-order valence-corrected chi connectivity index (χ0v) is 8.73. The third-order valence-electron chi connectivity index (χ3n) is 1.65. The van der Waals surface area contributed by atoms with Gasteiger partial charge in [-0.15, -0.1) is 5.10 Å². The van der Waals surface area contributed by atoms with Crippen molar-refractivity contribution in [3.05, 3.63) is 11.9 Å². The second-order valence-electron chi connectivity index (χ2n) is 3.37. The molecule has 0 aromatic carbocycles. The van der Waals surface area contributed by atoms with E-state index in [0.717, 1.165) is 5.69 Å². The van der Waals surface area contributed by atoms with Crippen molar-refractivity contribution in [1.82, 2.24) is 14.7 Å². The molecule has 62 valence electrons. The van der Waals surface area contributed by atoms with Crippen LogP contribution in [0.3, 0.4) is 0 Å². The lowest BCUT2D eigenvalue weighted by Crippen LogP contribution is -2.15. The molecule has 1 heterocycles. The van der Waals surface area contributed by atoms with Gasteiger partial charge in [0.15, 0.2) is 8.96 Å². The van der Waals surface area contributed by atoms with Gasteiger partial charge >= 0.3 is 0 Å². The van der Waals surface area contributed by atoms with Crippen LogP contribution in [0.1, 0.15) is 25.5 Å². The molecule has 4 heteroatoms. The Balaban J connectivity index is 2.82. The zero-order valence-electron chi connectivity index (χ0n) is 7.57. The van der Waals surface area contributed by atoms with Gasteiger partial charge in [-0.1, -0.05) is 32.2 Å². The Morgan fingerprint density at radius 2 is 2.09 bits per heavy atom. The van der Waals surface area contributed by atoms with Crippen LogP contribution in [0.4, 0.5) is 0 Å². The van der Waals surface area contributed by atoms with E-state index in [9.17, 15) is 0 Å². The van der Waals surface area contributed by atoms with Crippen molar-refractivity contribution >= 4 is 8.96 Å². The first-order valence-electron chi connectivity index (χ1n) is 4.03. The molecule has 0 fully saturated rings. The second-order valence-corrected chi connectivity index (χ2v) is 6.09. The Hall–Kier alpha value is -0.643. The van der Waals surface area contributed by atoms with E-state index in [-0.39, 0.29) is 0 Å². The first kappa shape index (κ1) is 8.45. The summed E-state index contributed by atoms with van der Waals surface area (Å²) in [6, 6.07) is 0. The van der Waals surface area contributed by atoms with Crippen LogP contribution in [0, 0.1) is 0 Å². The Bertz CT molecular complexity index is 207. The summed E-state index contributed by atoms with van der Waals surface area (Å²) < 4.78 is 2.02. The van der Waals surface area contributed by atoms with Gasteiger partial charge in [0.25, 0.3) is 0 Å². The monoisotopic (exact) mass is 169 g/mol. The molecule has 0 unspecified atom stereocenters. The number of hydrogen-bond acceptors (Lipinski definition) is 2. The van der Waals surface area contributed by atoms with E-state index in [1.807, 2.05) is 4.35 Å². The smallest absolute Gasteiger partial charge is 0.166 e. The average molecular weight is 169 g/mol. The lowest BCUT2D eigenvalue weighted by Gasteiger charge is -1.99. The maximum Gasteiger partial charge on any atom is 0.166 e. The number of aromatic nitrogens is 3. The highest BCUT2D eigenvalue weighted by molar-refractivity contribution is 6.53.